The topological polar surface area (TPSA) is 87.2 Å². The molecule has 0 bridgehead atoms. The van der Waals surface area contributed by atoms with Crippen LogP contribution in [-0.4, -0.2) is 28.2 Å². The van der Waals surface area contributed by atoms with Gasteiger partial charge in [-0.05, 0) is 25.5 Å². The molecular formula is C16H13N3O3S. The molecule has 0 N–H and O–H groups in total. The van der Waals surface area contributed by atoms with Gasteiger partial charge in [-0.3, -0.25) is 14.5 Å². The fourth-order valence-corrected chi connectivity index (χ4v) is 3.43. The number of aryl methyl sites for hydroxylation is 1. The molecule has 0 radical (unpaired) electrons. The van der Waals surface area contributed by atoms with E-state index in [4.69, 9.17) is 4.42 Å². The molecule has 2 amide bonds. The first-order chi connectivity index (χ1) is 11.0. The number of hydrogen-bond donors (Lipinski definition) is 0. The Bertz CT molecular complexity index is 908. The fraction of sp³-hybridized carbons (Fsp3) is 0.250. The van der Waals surface area contributed by atoms with Gasteiger partial charge in [-0.15, -0.1) is 11.3 Å². The Morgan fingerprint density at radius 1 is 1.39 bits per heavy atom. The first-order valence-electron chi connectivity index (χ1n) is 7.02. The highest BCUT2D eigenvalue weighted by Crippen LogP contribution is 2.31. The fourth-order valence-electron chi connectivity index (χ4n) is 2.49. The van der Waals surface area contributed by atoms with Crippen LogP contribution in [0, 0.1) is 18.3 Å². The summed E-state index contributed by atoms with van der Waals surface area (Å²) in [6.07, 6.45) is 1.68. The van der Waals surface area contributed by atoms with Crippen LogP contribution in [0.3, 0.4) is 0 Å². The quantitative estimate of drug-likeness (QED) is 0.625. The molecule has 0 aliphatic carbocycles. The van der Waals surface area contributed by atoms with E-state index in [1.807, 2.05) is 6.07 Å². The summed E-state index contributed by atoms with van der Waals surface area (Å²) in [5, 5.41) is 9.21. The SMILES string of the molecule is CCN1C(=O)C(C#N)=C(C)/C(=C/c2cc3oc(C)nc3s2)C1=O. The van der Waals surface area contributed by atoms with E-state index in [0.717, 1.165) is 14.6 Å². The summed E-state index contributed by atoms with van der Waals surface area (Å²) < 4.78 is 5.45. The highest BCUT2D eigenvalue weighted by atomic mass is 32.1. The highest BCUT2D eigenvalue weighted by molar-refractivity contribution is 7.19. The molecule has 0 saturated carbocycles. The van der Waals surface area contributed by atoms with Crippen molar-refractivity contribution in [3.63, 3.8) is 0 Å². The van der Waals surface area contributed by atoms with E-state index < -0.39 is 5.91 Å². The molecule has 0 unspecified atom stereocenters. The van der Waals surface area contributed by atoms with Crippen LogP contribution in [0.1, 0.15) is 24.6 Å². The normalized spacial score (nSPS) is 17.5. The Kier molecular flexibility index (Phi) is 3.62. The number of amides is 2. The molecule has 1 aliphatic heterocycles. The van der Waals surface area contributed by atoms with E-state index in [9.17, 15) is 14.9 Å². The highest BCUT2D eigenvalue weighted by Gasteiger charge is 2.34. The lowest BCUT2D eigenvalue weighted by molar-refractivity contribution is -0.140. The number of nitrogens with zero attached hydrogens (tertiary/aromatic N) is 3. The minimum Gasteiger partial charge on any atom is -0.440 e. The number of carbonyl (C=O) groups excluding carboxylic acids is 2. The van der Waals surface area contributed by atoms with Gasteiger partial charge < -0.3 is 4.42 Å². The molecule has 0 atom stereocenters. The zero-order chi connectivity index (χ0) is 16.7. The smallest absolute Gasteiger partial charge is 0.271 e. The summed E-state index contributed by atoms with van der Waals surface area (Å²) in [4.78, 5) is 31.5. The number of fused-ring (bicyclic) bond motifs is 1. The van der Waals surface area contributed by atoms with Gasteiger partial charge in [0.25, 0.3) is 11.8 Å². The van der Waals surface area contributed by atoms with Crippen molar-refractivity contribution in [3.8, 4) is 6.07 Å². The summed E-state index contributed by atoms with van der Waals surface area (Å²) in [5.74, 6) is -0.333. The average Bonchev–Trinajstić information content (AvgIpc) is 3.01. The van der Waals surface area contributed by atoms with Crippen molar-refractivity contribution < 1.29 is 14.0 Å². The van der Waals surface area contributed by atoms with Crippen molar-refractivity contribution in [2.75, 3.05) is 6.54 Å². The van der Waals surface area contributed by atoms with Crippen LogP contribution in [0.15, 0.2) is 27.2 Å². The average molecular weight is 327 g/mol. The van der Waals surface area contributed by atoms with Gasteiger partial charge in [-0.2, -0.15) is 5.26 Å². The van der Waals surface area contributed by atoms with Crippen LogP contribution in [0.5, 0.6) is 0 Å². The molecular weight excluding hydrogens is 314 g/mol. The van der Waals surface area contributed by atoms with Crippen molar-refractivity contribution in [3.05, 3.63) is 33.6 Å². The van der Waals surface area contributed by atoms with E-state index in [-0.39, 0.29) is 18.0 Å². The van der Waals surface area contributed by atoms with Crippen LogP contribution in [-0.2, 0) is 9.59 Å². The zero-order valence-corrected chi connectivity index (χ0v) is 13.7. The lowest BCUT2D eigenvalue weighted by Crippen LogP contribution is -2.42. The molecule has 0 spiro atoms. The summed E-state index contributed by atoms with van der Waals surface area (Å²) in [6, 6.07) is 3.70. The lowest BCUT2D eigenvalue weighted by Gasteiger charge is -2.26. The first-order valence-corrected chi connectivity index (χ1v) is 7.84. The number of rotatable bonds is 2. The molecule has 1 aliphatic rings. The Morgan fingerprint density at radius 2 is 2.13 bits per heavy atom. The van der Waals surface area contributed by atoms with Crippen LogP contribution in [0.4, 0.5) is 0 Å². The molecule has 0 fully saturated rings. The largest absolute Gasteiger partial charge is 0.440 e. The van der Waals surface area contributed by atoms with Crippen molar-refractivity contribution >= 4 is 39.6 Å². The molecule has 2 aromatic rings. The van der Waals surface area contributed by atoms with Crippen LogP contribution < -0.4 is 0 Å². The number of imide groups is 1. The molecule has 6 nitrogen and oxygen atoms in total. The van der Waals surface area contributed by atoms with E-state index in [1.54, 1.807) is 32.9 Å². The molecule has 0 aromatic carbocycles. The van der Waals surface area contributed by atoms with Crippen molar-refractivity contribution in [1.29, 1.82) is 5.26 Å². The molecule has 3 heterocycles. The number of carbonyl (C=O) groups is 2. The Hall–Kier alpha value is -2.72. The Morgan fingerprint density at radius 3 is 2.74 bits per heavy atom. The first kappa shape index (κ1) is 15.2. The number of oxazole rings is 1. The summed E-state index contributed by atoms with van der Waals surface area (Å²) in [5.41, 5.74) is 1.42. The third-order valence-corrected chi connectivity index (χ3v) is 4.60. The zero-order valence-electron chi connectivity index (χ0n) is 12.8. The van der Waals surface area contributed by atoms with Gasteiger partial charge in [0.2, 0.25) is 0 Å². The van der Waals surface area contributed by atoms with E-state index >= 15 is 0 Å². The molecule has 116 valence electrons. The number of nitriles is 1. The summed E-state index contributed by atoms with van der Waals surface area (Å²) in [7, 11) is 0. The lowest BCUT2D eigenvalue weighted by atomic mass is 9.95. The molecule has 23 heavy (non-hydrogen) atoms. The molecule has 0 saturated heterocycles. The second-order valence-corrected chi connectivity index (χ2v) is 6.14. The second kappa shape index (κ2) is 5.48. The minimum absolute atomic E-state index is 0.00640. The van der Waals surface area contributed by atoms with Crippen LogP contribution >= 0.6 is 11.3 Å². The Labute approximate surface area is 136 Å². The van der Waals surface area contributed by atoms with Crippen LogP contribution in [0.2, 0.25) is 0 Å². The molecule has 2 aromatic heterocycles. The van der Waals surface area contributed by atoms with Gasteiger partial charge in [-0.25, -0.2) is 4.98 Å². The van der Waals surface area contributed by atoms with E-state index in [1.165, 1.54) is 11.3 Å². The number of hydrogen-bond acceptors (Lipinski definition) is 6. The van der Waals surface area contributed by atoms with Gasteiger partial charge in [0.15, 0.2) is 16.3 Å². The van der Waals surface area contributed by atoms with Gasteiger partial charge in [-0.1, -0.05) is 0 Å². The van der Waals surface area contributed by atoms with Crippen molar-refractivity contribution in [2.45, 2.75) is 20.8 Å². The van der Waals surface area contributed by atoms with Gasteiger partial charge in [0.05, 0.1) is 0 Å². The van der Waals surface area contributed by atoms with Gasteiger partial charge >= 0.3 is 0 Å². The maximum absolute atomic E-state index is 12.5. The summed E-state index contributed by atoms with van der Waals surface area (Å²) in [6.45, 7) is 5.31. The van der Waals surface area contributed by atoms with Crippen LogP contribution in [0.25, 0.3) is 16.5 Å². The predicted molar refractivity (Wildman–Crippen MR) is 85.3 cm³/mol. The third-order valence-electron chi connectivity index (χ3n) is 3.64. The second-order valence-electron chi connectivity index (χ2n) is 5.08. The Balaban J connectivity index is 2.13. The monoisotopic (exact) mass is 327 g/mol. The molecule has 3 rings (SSSR count). The maximum atomic E-state index is 12.5. The molecule has 7 heteroatoms. The number of thiophene rings is 1. The third kappa shape index (κ3) is 2.37. The van der Waals surface area contributed by atoms with Crippen molar-refractivity contribution in [2.24, 2.45) is 0 Å². The maximum Gasteiger partial charge on any atom is 0.271 e. The predicted octanol–water partition coefficient (Wildman–Crippen LogP) is 2.81. The van der Waals surface area contributed by atoms with Gasteiger partial charge in [0.1, 0.15) is 11.6 Å². The number of likely N-dealkylation sites (N-methyl/N-ethyl adjacent to an activating group) is 1. The van der Waals surface area contributed by atoms with Crippen molar-refractivity contribution in [1.82, 2.24) is 9.88 Å². The minimum atomic E-state index is -0.535. The number of aromatic nitrogens is 1. The summed E-state index contributed by atoms with van der Waals surface area (Å²) >= 11 is 1.39. The van der Waals surface area contributed by atoms with E-state index in [0.29, 0.717) is 22.6 Å². The van der Waals surface area contributed by atoms with Gasteiger partial charge in [0, 0.05) is 30.0 Å². The van der Waals surface area contributed by atoms with E-state index in [2.05, 4.69) is 4.98 Å². The standard InChI is InChI=1S/C16H13N3O3S/c1-4-19-15(20)11(8(2)12(7-17)16(19)21)5-10-6-13-14(23-10)18-9(3)22-13/h5-6H,4H2,1-3H3/b11-5-.